The summed E-state index contributed by atoms with van der Waals surface area (Å²) < 4.78 is 0.934. The van der Waals surface area contributed by atoms with E-state index in [0.717, 1.165) is 75.0 Å². The summed E-state index contributed by atoms with van der Waals surface area (Å²) in [4.78, 5) is 32.0. The number of amides is 2. The molecule has 1 aliphatic heterocycles. The lowest BCUT2D eigenvalue weighted by atomic mass is 9.52. The van der Waals surface area contributed by atoms with E-state index >= 15 is 0 Å². The third-order valence-corrected chi connectivity index (χ3v) is 10.1. The molecule has 0 radical (unpaired) electrons. The number of halogens is 1. The first-order chi connectivity index (χ1) is 16.3. The molecule has 4 aliphatic rings. The van der Waals surface area contributed by atoms with Crippen molar-refractivity contribution in [2.75, 3.05) is 39.3 Å². The molecule has 5 rings (SSSR count). The van der Waals surface area contributed by atoms with E-state index in [1.807, 2.05) is 24.3 Å². The highest BCUT2D eigenvalue weighted by atomic mass is 79.9. The first-order valence-electron chi connectivity index (χ1n) is 12.8. The number of hydrogen-bond acceptors (Lipinski definition) is 4. The van der Waals surface area contributed by atoms with Crippen LogP contribution in [0.3, 0.4) is 0 Å². The molecule has 3 fully saturated rings. The number of carbonyl (C=O) groups is 2. The van der Waals surface area contributed by atoms with Gasteiger partial charge < -0.3 is 21.3 Å². The minimum Gasteiger partial charge on any atom is -0.369 e. The Morgan fingerprint density at radius 1 is 0.941 bits per heavy atom. The molecule has 3 aliphatic carbocycles. The van der Waals surface area contributed by atoms with E-state index in [9.17, 15) is 9.59 Å². The predicted octanol–water partition coefficient (Wildman–Crippen LogP) is 3.05. The number of nitrogens with two attached hydrogens (primary N) is 2. The lowest BCUT2D eigenvalue weighted by Gasteiger charge is -2.48. The van der Waals surface area contributed by atoms with Crippen LogP contribution >= 0.6 is 15.9 Å². The van der Waals surface area contributed by atoms with Crippen LogP contribution in [0.1, 0.15) is 44.6 Å². The van der Waals surface area contributed by atoms with Crippen LogP contribution in [-0.4, -0.2) is 60.9 Å². The van der Waals surface area contributed by atoms with Crippen LogP contribution in [0.25, 0.3) is 0 Å². The van der Waals surface area contributed by atoms with Gasteiger partial charge in [0.2, 0.25) is 11.8 Å². The minimum atomic E-state index is -1.10. The van der Waals surface area contributed by atoms with Crippen molar-refractivity contribution in [3.05, 3.63) is 46.5 Å². The van der Waals surface area contributed by atoms with Gasteiger partial charge in [0, 0.05) is 36.6 Å². The molecule has 1 aromatic carbocycles. The molecule has 2 amide bonds. The van der Waals surface area contributed by atoms with Gasteiger partial charge in [-0.05, 0) is 67.8 Å². The SMILES string of the molecule is CCN1CCN(CCCC[C@@]2(C(N)=O)[C@@H]3C=C[C@@H](C34CC4)[C@@]2(C(N)=O)c2ccc(Br)cc2)CC1. The Labute approximate surface area is 211 Å². The second kappa shape index (κ2) is 8.75. The average Bonchev–Trinajstić information content (AvgIpc) is 3.50. The molecular weight excluding hydrogens is 492 g/mol. The number of allylic oxidation sites excluding steroid dienone is 2. The molecule has 4 atom stereocenters. The van der Waals surface area contributed by atoms with Crippen LogP contribution in [0.15, 0.2) is 40.9 Å². The van der Waals surface area contributed by atoms with Crippen molar-refractivity contribution in [3.63, 3.8) is 0 Å². The molecule has 2 bridgehead atoms. The maximum absolute atomic E-state index is 13.5. The number of primary amides is 2. The number of carbonyl (C=O) groups excluding carboxylic acids is 2. The van der Waals surface area contributed by atoms with Crippen molar-refractivity contribution in [2.45, 2.75) is 44.4 Å². The van der Waals surface area contributed by atoms with E-state index in [4.69, 9.17) is 11.5 Å². The van der Waals surface area contributed by atoms with Gasteiger partial charge in [-0.25, -0.2) is 0 Å². The molecule has 0 aromatic heterocycles. The lowest BCUT2D eigenvalue weighted by Crippen LogP contribution is -2.62. The van der Waals surface area contributed by atoms with Gasteiger partial charge in [0.15, 0.2) is 0 Å². The Bertz CT molecular complexity index is 983. The van der Waals surface area contributed by atoms with Crippen LogP contribution in [0.5, 0.6) is 0 Å². The number of likely N-dealkylation sites (N-methyl/N-ethyl adjacent to an activating group) is 1. The van der Waals surface area contributed by atoms with E-state index < -0.39 is 16.7 Å². The minimum absolute atomic E-state index is 0.0215. The lowest BCUT2D eigenvalue weighted by molar-refractivity contribution is -0.143. The van der Waals surface area contributed by atoms with Crippen LogP contribution in [0, 0.1) is 22.7 Å². The maximum atomic E-state index is 13.5. The van der Waals surface area contributed by atoms with Gasteiger partial charge in [0.25, 0.3) is 0 Å². The fraction of sp³-hybridized carbons (Fsp3) is 0.630. The van der Waals surface area contributed by atoms with E-state index in [1.165, 1.54) is 0 Å². The molecule has 4 N–H and O–H groups in total. The van der Waals surface area contributed by atoms with Gasteiger partial charge >= 0.3 is 0 Å². The zero-order valence-corrected chi connectivity index (χ0v) is 21.7. The van der Waals surface area contributed by atoms with Gasteiger partial charge in [-0.2, -0.15) is 0 Å². The van der Waals surface area contributed by atoms with E-state index in [2.05, 4.69) is 44.8 Å². The molecule has 1 spiro atoms. The summed E-state index contributed by atoms with van der Waals surface area (Å²) in [6, 6.07) is 7.81. The Morgan fingerprint density at radius 2 is 1.56 bits per heavy atom. The number of hydrogen-bond donors (Lipinski definition) is 2. The Kier molecular flexibility index (Phi) is 6.18. The molecular formula is C27H37BrN4O2. The Balaban J connectivity index is 1.44. The fourth-order valence-corrected chi connectivity index (χ4v) is 8.14. The standard InChI is InChI=1S/C27H37BrN4O2/c1-2-31-15-17-32(18-16-31)14-4-3-11-26(23(29)33)21-9-10-22(25(21)12-13-25)27(26,24(30)34)19-5-7-20(28)8-6-19/h5-10,21-22H,2-4,11-18H2,1H3,(H2,29,33)(H2,30,34)/t21-,22+,26+,27-/m1/s1. The third kappa shape index (κ3) is 3.26. The van der Waals surface area contributed by atoms with Crippen molar-refractivity contribution < 1.29 is 9.59 Å². The largest absolute Gasteiger partial charge is 0.369 e. The van der Waals surface area contributed by atoms with Gasteiger partial charge in [-0.15, -0.1) is 0 Å². The first kappa shape index (κ1) is 24.0. The molecule has 1 aromatic rings. The molecule has 0 unspecified atom stereocenters. The van der Waals surface area contributed by atoms with Gasteiger partial charge in [0.05, 0.1) is 10.8 Å². The Morgan fingerprint density at radius 3 is 2.12 bits per heavy atom. The highest BCUT2D eigenvalue weighted by molar-refractivity contribution is 9.10. The number of unbranched alkanes of at least 4 members (excludes halogenated alkanes) is 1. The van der Waals surface area contributed by atoms with E-state index in [0.29, 0.717) is 6.42 Å². The van der Waals surface area contributed by atoms with E-state index in [-0.39, 0.29) is 23.2 Å². The third-order valence-electron chi connectivity index (χ3n) is 9.60. The summed E-state index contributed by atoms with van der Waals surface area (Å²) in [5.41, 5.74) is 11.3. The second-order valence-corrected chi connectivity index (χ2v) is 11.7. The molecule has 1 heterocycles. The fourth-order valence-electron chi connectivity index (χ4n) is 7.88. The van der Waals surface area contributed by atoms with Crippen molar-refractivity contribution in [1.29, 1.82) is 0 Å². The van der Waals surface area contributed by atoms with Crippen LogP contribution < -0.4 is 11.5 Å². The van der Waals surface area contributed by atoms with Crippen molar-refractivity contribution in [3.8, 4) is 0 Å². The number of benzene rings is 1. The normalized spacial score (nSPS) is 34.1. The highest BCUT2D eigenvalue weighted by Crippen LogP contribution is 2.80. The predicted molar refractivity (Wildman–Crippen MR) is 137 cm³/mol. The molecule has 1 saturated heterocycles. The highest BCUT2D eigenvalue weighted by Gasteiger charge is 2.82. The topological polar surface area (TPSA) is 92.7 Å². The van der Waals surface area contributed by atoms with Gasteiger partial charge in [0.1, 0.15) is 0 Å². The summed E-state index contributed by atoms with van der Waals surface area (Å²) in [5.74, 6) is -0.869. The zero-order valence-electron chi connectivity index (χ0n) is 20.1. The second-order valence-electron chi connectivity index (χ2n) is 10.8. The average molecular weight is 530 g/mol. The van der Waals surface area contributed by atoms with Gasteiger partial charge in [-0.1, -0.05) is 53.6 Å². The number of piperazine rings is 1. The first-order valence-corrected chi connectivity index (χ1v) is 13.6. The molecule has 184 valence electrons. The summed E-state index contributed by atoms with van der Waals surface area (Å²) in [6.45, 7) is 8.76. The van der Waals surface area contributed by atoms with Gasteiger partial charge in [-0.3, -0.25) is 9.59 Å². The maximum Gasteiger partial charge on any atom is 0.229 e. The molecule has 34 heavy (non-hydrogen) atoms. The summed E-state index contributed by atoms with van der Waals surface area (Å²) >= 11 is 3.51. The smallest absolute Gasteiger partial charge is 0.229 e. The molecule has 6 nitrogen and oxygen atoms in total. The summed E-state index contributed by atoms with van der Waals surface area (Å²) in [7, 11) is 0. The van der Waals surface area contributed by atoms with Crippen molar-refractivity contribution in [1.82, 2.24) is 9.80 Å². The monoisotopic (exact) mass is 528 g/mol. The Hall–Kier alpha value is -1.70. The number of nitrogens with zero attached hydrogens (tertiary/aromatic N) is 2. The van der Waals surface area contributed by atoms with E-state index in [1.54, 1.807) is 0 Å². The van der Waals surface area contributed by atoms with Crippen LogP contribution in [-0.2, 0) is 15.0 Å². The quantitative estimate of drug-likeness (QED) is 0.380. The molecule has 2 saturated carbocycles. The van der Waals surface area contributed by atoms with Crippen LogP contribution in [0.2, 0.25) is 0 Å². The van der Waals surface area contributed by atoms with Crippen molar-refractivity contribution in [2.24, 2.45) is 34.1 Å². The van der Waals surface area contributed by atoms with Crippen molar-refractivity contribution >= 4 is 27.7 Å². The zero-order chi connectivity index (χ0) is 24.1. The number of rotatable bonds is 9. The summed E-state index contributed by atoms with van der Waals surface area (Å²) in [6.07, 6.45) is 8.85. The summed E-state index contributed by atoms with van der Waals surface area (Å²) in [5, 5.41) is 0. The van der Waals surface area contributed by atoms with Crippen LogP contribution in [0.4, 0.5) is 0 Å². The molecule has 7 heteroatoms.